The quantitative estimate of drug-likeness (QED) is 0.616. The monoisotopic (exact) mass is 399 g/mol. The predicted molar refractivity (Wildman–Crippen MR) is 115 cm³/mol. The zero-order valence-electron chi connectivity index (χ0n) is 16.2. The first-order chi connectivity index (χ1) is 14.5. The predicted octanol–water partition coefficient (Wildman–Crippen LogP) is 3.91. The second kappa shape index (κ2) is 7.97. The highest BCUT2D eigenvalue weighted by molar-refractivity contribution is 6.11. The fourth-order valence-corrected chi connectivity index (χ4v) is 3.75. The van der Waals surface area contributed by atoms with E-state index in [0.29, 0.717) is 11.3 Å². The van der Waals surface area contributed by atoms with Crippen LogP contribution in [0.25, 0.3) is 6.08 Å². The van der Waals surface area contributed by atoms with Gasteiger partial charge < -0.3 is 15.1 Å². The lowest BCUT2D eigenvalue weighted by Gasteiger charge is -2.22. The van der Waals surface area contributed by atoms with E-state index in [1.54, 1.807) is 36.4 Å². The van der Waals surface area contributed by atoms with E-state index in [9.17, 15) is 19.8 Å². The minimum atomic E-state index is -1.98. The van der Waals surface area contributed by atoms with Gasteiger partial charge in [-0.05, 0) is 23.8 Å². The van der Waals surface area contributed by atoms with Crippen molar-refractivity contribution in [2.75, 3.05) is 11.4 Å². The summed E-state index contributed by atoms with van der Waals surface area (Å²) >= 11 is 0. The molecular weight excluding hydrogens is 378 g/mol. The van der Waals surface area contributed by atoms with Gasteiger partial charge in [0.25, 0.3) is 5.91 Å². The van der Waals surface area contributed by atoms with E-state index < -0.39 is 23.7 Å². The Balaban J connectivity index is 1.61. The van der Waals surface area contributed by atoms with Gasteiger partial charge in [-0.15, -0.1) is 0 Å². The molecule has 150 valence electrons. The number of Topliss-reactive ketones (excluding diaryl/α,β-unsaturated/α-hetero) is 1. The molecule has 0 radical (unpaired) electrons. The molecular formula is C25H21NO4. The molecule has 1 aliphatic heterocycles. The number of benzene rings is 3. The van der Waals surface area contributed by atoms with Crippen LogP contribution in [-0.2, 0) is 10.4 Å². The first-order valence-electron chi connectivity index (χ1n) is 9.67. The largest absolute Gasteiger partial charge is 0.507 e. The minimum absolute atomic E-state index is 0.0821. The van der Waals surface area contributed by atoms with Gasteiger partial charge in [-0.3, -0.25) is 9.59 Å². The summed E-state index contributed by atoms with van der Waals surface area (Å²) in [7, 11) is 0. The van der Waals surface area contributed by atoms with Gasteiger partial charge in [0, 0.05) is 12.1 Å². The van der Waals surface area contributed by atoms with Crippen molar-refractivity contribution in [1.29, 1.82) is 0 Å². The van der Waals surface area contributed by atoms with E-state index in [1.807, 2.05) is 42.5 Å². The number of nitrogens with zero attached hydrogens (tertiary/aromatic N) is 1. The molecule has 3 aromatic carbocycles. The third kappa shape index (κ3) is 3.51. The number of carbonyl (C=O) groups excluding carboxylic acids is 2. The Bertz CT molecular complexity index is 1120. The number of para-hydroxylation sites is 2. The molecule has 1 atom stereocenters. The number of fused-ring (bicyclic) bond motifs is 1. The van der Waals surface area contributed by atoms with Gasteiger partial charge >= 0.3 is 0 Å². The smallest absolute Gasteiger partial charge is 0.264 e. The third-order valence-electron chi connectivity index (χ3n) is 5.26. The molecule has 1 unspecified atom stereocenters. The highest BCUT2D eigenvalue weighted by Crippen LogP contribution is 2.43. The lowest BCUT2D eigenvalue weighted by atomic mass is 9.88. The zero-order chi connectivity index (χ0) is 21.1. The van der Waals surface area contributed by atoms with Crippen molar-refractivity contribution in [3.05, 3.63) is 102 Å². The van der Waals surface area contributed by atoms with Crippen molar-refractivity contribution >= 4 is 23.5 Å². The number of aliphatic hydroxyl groups is 1. The lowest BCUT2D eigenvalue weighted by Crippen LogP contribution is -2.42. The molecule has 2 N–H and O–H groups in total. The Morgan fingerprint density at radius 2 is 1.60 bits per heavy atom. The summed E-state index contributed by atoms with van der Waals surface area (Å²) in [4.78, 5) is 27.5. The Morgan fingerprint density at radius 1 is 0.933 bits per heavy atom. The van der Waals surface area contributed by atoms with Crippen molar-refractivity contribution < 1.29 is 19.8 Å². The van der Waals surface area contributed by atoms with Crippen LogP contribution >= 0.6 is 0 Å². The van der Waals surface area contributed by atoms with Crippen LogP contribution in [0.15, 0.2) is 84.9 Å². The van der Waals surface area contributed by atoms with Crippen LogP contribution in [0.2, 0.25) is 0 Å². The number of ketones is 1. The molecule has 0 spiro atoms. The molecule has 30 heavy (non-hydrogen) atoms. The number of carbonyl (C=O) groups is 2. The first-order valence-corrected chi connectivity index (χ1v) is 9.67. The summed E-state index contributed by atoms with van der Waals surface area (Å²) < 4.78 is 0. The van der Waals surface area contributed by atoms with Crippen molar-refractivity contribution in [1.82, 2.24) is 0 Å². The Kier molecular flexibility index (Phi) is 5.21. The maximum absolute atomic E-state index is 13.2. The second-order valence-electron chi connectivity index (χ2n) is 7.22. The van der Waals surface area contributed by atoms with E-state index in [0.717, 1.165) is 5.56 Å². The highest BCUT2D eigenvalue weighted by Gasteiger charge is 2.50. The maximum Gasteiger partial charge on any atom is 0.264 e. The van der Waals surface area contributed by atoms with Crippen LogP contribution in [0.4, 0.5) is 5.69 Å². The molecule has 1 aliphatic rings. The van der Waals surface area contributed by atoms with Crippen molar-refractivity contribution in [3.8, 4) is 5.75 Å². The molecule has 4 rings (SSSR count). The molecule has 1 amide bonds. The number of amides is 1. The van der Waals surface area contributed by atoms with Gasteiger partial charge in [-0.25, -0.2) is 0 Å². The van der Waals surface area contributed by atoms with Crippen LogP contribution in [-0.4, -0.2) is 28.4 Å². The van der Waals surface area contributed by atoms with Gasteiger partial charge in [0.05, 0.1) is 17.7 Å². The van der Waals surface area contributed by atoms with Crippen LogP contribution < -0.4 is 4.90 Å². The standard InChI is InChI=1S/C25H21NO4/c27-22-15-7-4-12-19(22)23(28)17-25(30)20-13-5-6-14-21(20)26(24(25)29)16-8-11-18-9-2-1-3-10-18/h1-15,27,30H,16-17H2/b11-8+. The molecule has 1 heterocycles. The summed E-state index contributed by atoms with van der Waals surface area (Å²) in [6.07, 6.45) is 3.31. The van der Waals surface area contributed by atoms with E-state index in [-0.39, 0.29) is 17.9 Å². The minimum Gasteiger partial charge on any atom is -0.507 e. The number of phenols is 1. The normalized spacial score (nSPS) is 18.0. The molecule has 0 saturated carbocycles. The zero-order valence-corrected chi connectivity index (χ0v) is 16.2. The van der Waals surface area contributed by atoms with Gasteiger partial charge in [0.1, 0.15) is 5.75 Å². The molecule has 0 bridgehead atoms. The number of aromatic hydroxyl groups is 1. The van der Waals surface area contributed by atoms with Crippen LogP contribution in [0, 0.1) is 0 Å². The lowest BCUT2D eigenvalue weighted by molar-refractivity contribution is -0.135. The summed E-state index contributed by atoms with van der Waals surface area (Å²) in [5, 5.41) is 21.3. The molecule has 5 heteroatoms. The van der Waals surface area contributed by atoms with Crippen LogP contribution in [0.5, 0.6) is 5.75 Å². The average molecular weight is 399 g/mol. The summed E-state index contributed by atoms with van der Waals surface area (Å²) in [5.41, 5.74) is 0.0806. The van der Waals surface area contributed by atoms with Crippen LogP contribution in [0.1, 0.15) is 27.9 Å². The van der Waals surface area contributed by atoms with Gasteiger partial charge in [-0.2, -0.15) is 0 Å². The first kappa shape index (κ1) is 19.6. The highest BCUT2D eigenvalue weighted by atomic mass is 16.3. The molecule has 3 aromatic rings. The van der Waals surface area contributed by atoms with E-state index in [4.69, 9.17) is 0 Å². The summed E-state index contributed by atoms with van der Waals surface area (Å²) in [5.74, 6) is -1.22. The number of rotatable bonds is 6. The van der Waals surface area contributed by atoms with Crippen molar-refractivity contribution in [2.24, 2.45) is 0 Å². The Labute approximate surface area is 174 Å². The topological polar surface area (TPSA) is 77.8 Å². The number of hydrogen-bond donors (Lipinski definition) is 2. The molecule has 0 fully saturated rings. The second-order valence-corrected chi connectivity index (χ2v) is 7.22. The number of hydrogen-bond acceptors (Lipinski definition) is 4. The third-order valence-corrected chi connectivity index (χ3v) is 5.26. The van der Waals surface area contributed by atoms with Crippen molar-refractivity contribution in [3.63, 3.8) is 0 Å². The SMILES string of the molecule is O=C(CC1(O)C(=O)N(C/C=C/c2ccccc2)c2ccccc21)c1ccccc1O. The van der Waals surface area contributed by atoms with Gasteiger partial charge in [-0.1, -0.05) is 72.8 Å². The molecule has 5 nitrogen and oxygen atoms in total. The molecule has 0 aromatic heterocycles. The fourth-order valence-electron chi connectivity index (χ4n) is 3.75. The van der Waals surface area contributed by atoms with Crippen LogP contribution in [0.3, 0.4) is 0 Å². The molecule has 0 saturated heterocycles. The number of phenolic OH excluding ortho intramolecular Hbond substituents is 1. The van der Waals surface area contributed by atoms with E-state index in [2.05, 4.69) is 0 Å². The van der Waals surface area contributed by atoms with E-state index in [1.165, 1.54) is 17.0 Å². The van der Waals surface area contributed by atoms with Gasteiger partial charge in [0.2, 0.25) is 0 Å². The number of anilines is 1. The van der Waals surface area contributed by atoms with Gasteiger partial charge in [0.15, 0.2) is 11.4 Å². The fraction of sp³-hybridized carbons (Fsp3) is 0.120. The summed E-state index contributed by atoms with van der Waals surface area (Å²) in [6, 6.07) is 22.8. The van der Waals surface area contributed by atoms with Crippen molar-refractivity contribution in [2.45, 2.75) is 12.0 Å². The maximum atomic E-state index is 13.2. The van der Waals surface area contributed by atoms with E-state index >= 15 is 0 Å². The molecule has 0 aliphatic carbocycles. The average Bonchev–Trinajstić information content (AvgIpc) is 2.97. The Morgan fingerprint density at radius 3 is 2.37 bits per heavy atom. The summed E-state index contributed by atoms with van der Waals surface area (Å²) in [6.45, 7) is 0.262. The Hall–Kier alpha value is -3.70.